The Labute approximate surface area is 138 Å². The lowest BCUT2D eigenvalue weighted by Crippen LogP contribution is -2.51. The largest absolute Gasteiger partial charge is 0.338 e. The first-order valence-corrected chi connectivity index (χ1v) is 7.75. The van der Waals surface area contributed by atoms with Crippen LogP contribution in [0, 0.1) is 0 Å². The fraction of sp³-hybridized carbons (Fsp3) is 0.562. The van der Waals surface area contributed by atoms with Gasteiger partial charge in [-0.2, -0.15) is 0 Å². The molecule has 2 N–H and O–H groups in total. The van der Waals surface area contributed by atoms with Crippen LogP contribution in [0.3, 0.4) is 0 Å². The second-order valence-corrected chi connectivity index (χ2v) is 6.07. The first-order chi connectivity index (χ1) is 9.58. The zero-order valence-corrected chi connectivity index (χ0v) is 14.0. The topological polar surface area (TPSA) is 46.3 Å². The normalized spacial score (nSPS) is 19.8. The van der Waals surface area contributed by atoms with Gasteiger partial charge in [0, 0.05) is 30.1 Å². The summed E-state index contributed by atoms with van der Waals surface area (Å²) in [5.41, 5.74) is 7.16. The number of hydrogen-bond acceptors (Lipinski definition) is 2. The number of nitrogens with zero attached hydrogens (tertiary/aromatic N) is 1. The fourth-order valence-electron chi connectivity index (χ4n) is 2.86. The highest BCUT2D eigenvalue weighted by Crippen LogP contribution is 2.20. The maximum absolute atomic E-state index is 12.4. The second-order valence-electron chi connectivity index (χ2n) is 5.64. The van der Waals surface area contributed by atoms with Gasteiger partial charge >= 0.3 is 0 Å². The highest BCUT2D eigenvalue weighted by molar-refractivity contribution is 6.30. The van der Waals surface area contributed by atoms with E-state index >= 15 is 0 Å². The minimum Gasteiger partial charge on any atom is -0.338 e. The molecule has 1 aromatic rings. The second kappa shape index (κ2) is 8.62. The highest BCUT2D eigenvalue weighted by atomic mass is 35.5. The van der Waals surface area contributed by atoms with Crippen LogP contribution in [-0.2, 0) is 11.2 Å². The van der Waals surface area contributed by atoms with E-state index in [9.17, 15) is 4.79 Å². The monoisotopic (exact) mass is 330 g/mol. The van der Waals surface area contributed by atoms with Crippen LogP contribution in [0.4, 0.5) is 0 Å². The summed E-state index contributed by atoms with van der Waals surface area (Å²) in [5, 5.41) is 0.730. The fourth-order valence-corrected chi connectivity index (χ4v) is 2.99. The van der Waals surface area contributed by atoms with Crippen molar-refractivity contribution in [2.75, 3.05) is 6.54 Å². The molecule has 1 saturated heterocycles. The van der Waals surface area contributed by atoms with E-state index < -0.39 is 0 Å². The van der Waals surface area contributed by atoms with Crippen LogP contribution >= 0.6 is 24.0 Å². The number of amides is 1. The quantitative estimate of drug-likeness (QED) is 0.919. The van der Waals surface area contributed by atoms with Crippen molar-refractivity contribution in [2.24, 2.45) is 5.73 Å². The molecule has 5 heteroatoms. The van der Waals surface area contributed by atoms with E-state index in [1.807, 2.05) is 36.1 Å². The molecule has 1 aromatic carbocycles. The van der Waals surface area contributed by atoms with Gasteiger partial charge in [0.15, 0.2) is 0 Å². The van der Waals surface area contributed by atoms with Gasteiger partial charge in [0.1, 0.15) is 0 Å². The molecule has 1 fully saturated rings. The van der Waals surface area contributed by atoms with Crippen molar-refractivity contribution in [1.29, 1.82) is 0 Å². The Balaban J connectivity index is 0.00000220. The lowest BCUT2D eigenvalue weighted by molar-refractivity contribution is -0.135. The van der Waals surface area contributed by atoms with Gasteiger partial charge in [0.2, 0.25) is 5.91 Å². The number of rotatable bonds is 4. The predicted octanol–water partition coefficient (Wildman–Crippen LogP) is 3.42. The molecule has 0 spiro atoms. The number of carbonyl (C=O) groups excluding carboxylic acids is 1. The van der Waals surface area contributed by atoms with Crippen LogP contribution in [0.15, 0.2) is 24.3 Å². The molecule has 1 aliphatic rings. The maximum atomic E-state index is 12.4. The molecule has 1 heterocycles. The number of halogens is 2. The van der Waals surface area contributed by atoms with E-state index in [2.05, 4.69) is 0 Å². The summed E-state index contributed by atoms with van der Waals surface area (Å²) < 4.78 is 0. The average Bonchev–Trinajstić information content (AvgIpc) is 2.46. The van der Waals surface area contributed by atoms with Gasteiger partial charge in [-0.05, 0) is 50.3 Å². The van der Waals surface area contributed by atoms with Gasteiger partial charge < -0.3 is 10.6 Å². The zero-order chi connectivity index (χ0) is 14.5. The van der Waals surface area contributed by atoms with E-state index in [0.717, 1.165) is 36.4 Å². The molecule has 2 unspecified atom stereocenters. The summed E-state index contributed by atoms with van der Waals surface area (Å²) in [4.78, 5) is 14.4. The summed E-state index contributed by atoms with van der Waals surface area (Å²) in [6, 6.07) is 7.96. The SMILES string of the molecule is CC(N)C1CCCCN1C(=O)CCc1ccc(Cl)cc1.Cl. The number of nitrogens with two attached hydrogens (primary N) is 1. The van der Waals surface area contributed by atoms with Crippen LogP contribution in [0.5, 0.6) is 0 Å². The average molecular weight is 331 g/mol. The molecular formula is C16H24Cl2N2O. The molecule has 3 nitrogen and oxygen atoms in total. The summed E-state index contributed by atoms with van der Waals surface area (Å²) in [7, 11) is 0. The first-order valence-electron chi connectivity index (χ1n) is 7.37. The first kappa shape index (κ1) is 18.3. The molecule has 2 rings (SSSR count). The Morgan fingerprint density at radius 2 is 2.05 bits per heavy atom. The molecule has 0 bridgehead atoms. The summed E-state index contributed by atoms with van der Waals surface area (Å²) in [6.45, 7) is 2.85. The van der Waals surface area contributed by atoms with E-state index in [0.29, 0.717) is 6.42 Å². The highest BCUT2D eigenvalue weighted by Gasteiger charge is 2.28. The van der Waals surface area contributed by atoms with Crippen molar-refractivity contribution in [1.82, 2.24) is 4.90 Å². The number of hydrogen-bond donors (Lipinski definition) is 1. The Morgan fingerprint density at radius 1 is 1.38 bits per heavy atom. The van der Waals surface area contributed by atoms with E-state index in [1.165, 1.54) is 6.42 Å². The molecule has 0 saturated carbocycles. The molecule has 0 aromatic heterocycles. The molecule has 0 radical (unpaired) electrons. The molecule has 1 aliphatic heterocycles. The molecule has 0 aliphatic carbocycles. The number of piperidine rings is 1. The molecule has 21 heavy (non-hydrogen) atoms. The van der Waals surface area contributed by atoms with Gasteiger partial charge in [0.05, 0.1) is 0 Å². The standard InChI is InChI=1S/C16H23ClN2O.ClH/c1-12(18)15-4-2-3-11-19(15)16(20)10-7-13-5-8-14(17)9-6-13;/h5-6,8-9,12,15H,2-4,7,10-11,18H2,1H3;1H. The van der Waals surface area contributed by atoms with Crippen LogP contribution in [0.1, 0.15) is 38.2 Å². The number of aryl methyl sites for hydroxylation is 1. The Kier molecular flexibility index (Phi) is 7.50. The van der Waals surface area contributed by atoms with Crippen LogP contribution in [0.25, 0.3) is 0 Å². The van der Waals surface area contributed by atoms with Crippen molar-refractivity contribution in [2.45, 2.75) is 51.1 Å². The van der Waals surface area contributed by atoms with Gasteiger partial charge in [-0.3, -0.25) is 4.79 Å². The molecule has 118 valence electrons. The van der Waals surface area contributed by atoms with Gasteiger partial charge in [-0.15, -0.1) is 12.4 Å². The van der Waals surface area contributed by atoms with Gasteiger partial charge in [-0.1, -0.05) is 23.7 Å². The van der Waals surface area contributed by atoms with E-state index in [4.69, 9.17) is 17.3 Å². The predicted molar refractivity (Wildman–Crippen MR) is 90.0 cm³/mol. The third-order valence-corrected chi connectivity index (χ3v) is 4.27. The summed E-state index contributed by atoms with van der Waals surface area (Å²) in [5.74, 6) is 0.224. The van der Waals surface area contributed by atoms with Crippen molar-refractivity contribution >= 4 is 29.9 Å². The van der Waals surface area contributed by atoms with Crippen LogP contribution in [-0.4, -0.2) is 29.4 Å². The minimum absolute atomic E-state index is 0. The van der Waals surface area contributed by atoms with Gasteiger partial charge in [0.25, 0.3) is 0 Å². The minimum atomic E-state index is 0. The Bertz CT molecular complexity index is 448. The third kappa shape index (κ3) is 5.17. The summed E-state index contributed by atoms with van der Waals surface area (Å²) in [6.07, 6.45) is 4.61. The lowest BCUT2D eigenvalue weighted by Gasteiger charge is -2.38. The number of likely N-dealkylation sites (tertiary alicyclic amines) is 1. The Hall–Kier alpha value is -0.770. The molecule has 2 atom stereocenters. The van der Waals surface area contributed by atoms with E-state index in [-0.39, 0.29) is 30.4 Å². The van der Waals surface area contributed by atoms with E-state index in [1.54, 1.807) is 0 Å². The molecule has 1 amide bonds. The maximum Gasteiger partial charge on any atom is 0.223 e. The lowest BCUT2D eigenvalue weighted by atomic mass is 9.96. The van der Waals surface area contributed by atoms with Gasteiger partial charge in [-0.25, -0.2) is 0 Å². The van der Waals surface area contributed by atoms with Crippen molar-refractivity contribution in [3.63, 3.8) is 0 Å². The third-order valence-electron chi connectivity index (χ3n) is 4.02. The summed E-state index contributed by atoms with van der Waals surface area (Å²) >= 11 is 5.86. The number of benzene rings is 1. The smallest absolute Gasteiger partial charge is 0.223 e. The van der Waals surface area contributed by atoms with Crippen molar-refractivity contribution in [3.05, 3.63) is 34.9 Å². The van der Waals surface area contributed by atoms with Crippen molar-refractivity contribution < 1.29 is 4.79 Å². The van der Waals surface area contributed by atoms with Crippen LogP contribution in [0.2, 0.25) is 5.02 Å². The number of carbonyl (C=O) groups is 1. The zero-order valence-electron chi connectivity index (χ0n) is 12.4. The van der Waals surface area contributed by atoms with Crippen LogP contribution < -0.4 is 5.73 Å². The van der Waals surface area contributed by atoms with Crippen molar-refractivity contribution in [3.8, 4) is 0 Å². The molecular weight excluding hydrogens is 307 g/mol. The Morgan fingerprint density at radius 3 is 2.67 bits per heavy atom.